The van der Waals surface area contributed by atoms with Gasteiger partial charge in [0.2, 0.25) is 5.28 Å². The van der Waals surface area contributed by atoms with Crippen LogP contribution < -0.4 is 5.32 Å². The van der Waals surface area contributed by atoms with Crippen LogP contribution in [0, 0.1) is 5.82 Å². The maximum Gasteiger partial charge on any atom is 0.245 e. The van der Waals surface area contributed by atoms with E-state index in [4.69, 9.17) is 34.8 Å². The molecule has 1 heterocycles. The highest BCUT2D eigenvalue weighted by Crippen LogP contribution is 2.27. The molecule has 0 aliphatic carbocycles. The normalized spacial score (nSPS) is 10.4. The van der Waals surface area contributed by atoms with Crippen molar-refractivity contribution >= 4 is 46.3 Å². The Labute approximate surface area is 111 Å². The number of hydrogen-bond donors (Lipinski definition) is 1. The number of anilines is 2. The number of rotatable bonds is 2. The second kappa shape index (κ2) is 5.00. The van der Waals surface area contributed by atoms with Crippen molar-refractivity contribution in [1.29, 1.82) is 0 Å². The molecule has 88 valence electrons. The Morgan fingerprint density at radius 2 is 1.88 bits per heavy atom. The van der Waals surface area contributed by atoms with Crippen molar-refractivity contribution in [2.75, 3.05) is 5.32 Å². The van der Waals surface area contributed by atoms with Gasteiger partial charge in [0.25, 0.3) is 0 Å². The van der Waals surface area contributed by atoms with E-state index in [9.17, 15) is 4.39 Å². The lowest BCUT2D eigenvalue weighted by atomic mass is 10.3. The highest BCUT2D eigenvalue weighted by atomic mass is 35.5. The summed E-state index contributed by atoms with van der Waals surface area (Å²) in [5.41, 5.74) is 0.121. The predicted octanol–water partition coefficient (Wildman–Crippen LogP) is 3.71. The molecule has 0 amide bonds. The Morgan fingerprint density at radius 3 is 2.65 bits per heavy atom. The largest absolute Gasteiger partial charge is 0.335 e. The van der Waals surface area contributed by atoms with Crippen molar-refractivity contribution in [2.24, 2.45) is 0 Å². The van der Waals surface area contributed by atoms with Crippen LogP contribution in [0.1, 0.15) is 0 Å². The Morgan fingerprint density at radius 1 is 1.12 bits per heavy atom. The van der Waals surface area contributed by atoms with Crippen LogP contribution in [0.25, 0.3) is 0 Å². The van der Waals surface area contributed by atoms with E-state index in [0.717, 1.165) is 0 Å². The smallest absolute Gasteiger partial charge is 0.245 e. The van der Waals surface area contributed by atoms with E-state index in [1.807, 2.05) is 0 Å². The molecule has 17 heavy (non-hydrogen) atoms. The second-order valence-corrected chi connectivity index (χ2v) is 4.05. The molecular weight excluding hydrogens is 289 g/mol. The molecule has 4 nitrogen and oxygen atoms in total. The third kappa shape index (κ3) is 2.74. The molecule has 0 aliphatic heterocycles. The lowest BCUT2D eigenvalue weighted by Gasteiger charge is -2.07. The number of hydrogen-bond acceptors (Lipinski definition) is 4. The summed E-state index contributed by atoms with van der Waals surface area (Å²) >= 11 is 16.9. The molecule has 0 radical (unpaired) electrons. The van der Waals surface area contributed by atoms with Gasteiger partial charge in [0.15, 0.2) is 16.8 Å². The summed E-state index contributed by atoms with van der Waals surface area (Å²) in [5, 5.41) is 9.46. The zero-order valence-electron chi connectivity index (χ0n) is 8.09. The Kier molecular flexibility index (Phi) is 3.61. The molecule has 0 bridgehead atoms. The van der Waals surface area contributed by atoms with Gasteiger partial charge < -0.3 is 5.32 Å². The van der Waals surface area contributed by atoms with Gasteiger partial charge in [-0.05, 0) is 23.7 Å². The van der Waals surface area contributed by atoms with Crippen molar-refractivity contribution in [3.8, 4) is 0 Å². The summed E-state index contributed by atoms with van der Waals surface area (Å²) in [4.78, 5) is 3.78. The summed E-state index contributed by atoms with van der Waals surface area (Å²) in [6.07, 6.45) is 0. The van der Waals surface area contributed by atoms with Crippen molar-refractivity contribution in [3.05, 3.63) is 39.5 Å². The molecule has 0 spiro atoms. The van der Waals surface area contributed by atoms with Crippen LogP contribution in [0.3, 0.4) is 0 Å². The summed E-state index contributed by atoms with van der Waals surface area (Å²) in [5.74, 6) is -0.507. The third-order valence-electron chi connectivity index (χ3n) is 1.82. The van der Waals surface area contributed by atoms with Gasteiger partial charge >= 0.3 is 0 Å². The van der Waals surface area contributed by atoms with Gasteiger partial charge in [-0.15, -0.1) is 10.2 Å². The first-order valence-electron chi connectivity index (χ1n) is 4.34. The molecule has 0 atom stereocenters. The molecule has 1 aromatic carbocycles. The molecule has 2 aromatic rings. The number of nitrogens with one attached hydrogen (secondary N) is 1. The minimum absolute atomic E-state index is 0.0146. The maximum absolute atomic E-state index is 13.6. The van der Waals surface area contributed by atoms with Gasteiger partial charge in [0.05, 0.1) is 10.7 Å². The molecule has 1 aromatic heterocycles. The average Bonchev–Trinajstić information content (AvgIpc) is 2.30. The zero-order valence-corrected chi connectivity index (χ0v) is 10.4. The van der Waals surface area contributed by atoms with E-state index in [0.29, 0.717) is 0 Å². The second-order valence-electron chi connectivity index (χ2n) is 2.95. The first kappa shape index (κ1) is 12.3. The standard InChI is InChI=1S/C9H4Cl3FN4/c10-4-2-1-3-5(6(4)13)14-8-7(11)16-17-9(12)15-8/h1-3H,(H,14,15,17). The van der Waals surface area contributed by atoms with Crippen LogP contribution in [0.4, 0.5) is 15.9 Å². The minimum Gasteiger partial charge on any atom is -0.335 e. The first-order valence-corrected chi connectivity index (χ1v) is 5.48. The van der Waals surface area contributed by atoms with Gasteiger partial charge in [-0.25, -0.2) is 4.39 Å². The number of nitrogens with zero attached hydrogens (tertiary/aromatic N) is 3. The Balaban J connectivity index is 2.38. The molecule has 0 fully saturated rings. The van der Waals surface area contributed by atoms with Gasteiger partial charge in [-0.3, -0.25) is 0 Å². The first-order chi connectivity index (χ1) is 8.08. The minimum atomic E-state index is -0.611. The van der Waals surface area contributed by atoms with Crippen LogP contribution in [-0.4, -0.2) is 15.2 Å². The van der Waals surface area contributed by atoms with Gasteiger partial charge in [0.1, 0.15) is 0 Å². The van der Waals surface area contributed by atoms with Crippen molar-refractivity contribution in [1.82, 2.24) is 15.2 Å². The Bertz CT molecular complexity index is 564. The predicted molar refractivity (Wildman–Crippen MR) is 64.5 cm³/mol. The quantitative estimate of drug-likeness (QED) is 0.917. The number of halogens is 4. The van der Waals surface area contributed by atoms with Crippen molar-refractivity contribution in [2.45, 2.75) is 0 Å². The summed E-state index contributed by atoms with van der Waals surface area (Å²) in [7, 11) is 0. The topological polar surface area (TPSA) is 50.7 Å². The SMILES string of the molecule is Fc1c(Cl)cccc1Nc1nc(Cl)nnc1Cl. The summed E-state index contributed by atoms with van der Waals surface area (Å²) in [6.45, 7) is 0. The molecule has 0 saturated heterocycles. The van der Waals surface area contributed by atoms with E-state index in [1.165, 1.54) is 12.1 Å². The highest BCUT2D eigenvalue weighted by Gasteiger charge is 2.10. The fourth-order valence-electron chi connectivity index (χ4n) is 1.10. The van der Waals surface area contributed by atoms with E-state index >= 15 is 0 Å². The maximum atomic E-state index is 13.6. The number of aromatic nitrogens is 3. The highest BCUT2D eigenvalue weighted by molar-refractivity contribution is 6.32. The van der Waals surface area contributed by atoms with E-state index in [1.54, 1.807) is 6.07 Å². The Hall–Kier alpha value is -1.17. The van der Waals surface area contributed by atoms with Crippen molar-refractivity contribution < 1.29 is 4.39 Å². The average molecular weight is 294 g/mol. The monoisotopic (exact) mass is 292 g/mol. The molecule has 0 saturated carbocycles. The van der Waals surface area contributed by atoms with Crippen LogP contribution in [0.5, 0.6) is 0 Å². The molecule has 0 aliphatic rings. The molecule has 2 rings (SSSR count). The lowest BCUT2D eigenvalue weighted by molar-refractivity contribution is 0.632. The van der Waals surface area contributed by atoms with Crippen molar-refractivity contribution in [3.63, 3.8) is 0 Å². The lowest BCUT2D eigenvalue weighted by Crippen LogP contribution is -2.00. The fraction of sp³-hybridized carbons (Fsp3) is 0. The van der Waals surface area contributed by atoms with Crippen LogP contribution in [-0.2, 0) is 0 Å². The third-order valence-corrected chi connectivity index (χ3v) is 2.53. The van der Waals surface area contributed by atoms with Gasteiger partial charge in [-0.1, -0.05) is 29.3 Å². The van der Waals surface area contributed by atoms with Gasteiger partial charge in [-0.2, -0.15) is 4.98 Å². The summed E-state index contributed by atoms with van der Waals surface area (Å²) < 4.78 is 13.6. The van der Waals surface area contributed by atoms with E-state index in [2.05, 4.69) is 20.5 Å². The molecular formula is C9H4Cl3FN4. The van der Waals surface area contributed by atoms with Crippen LogP contribution in [0.15, 0.2) is 18.2 Å². The summed E-state index contributed by atoms with van der Waals surface area (Å²) in [6, 6.07) is 4.49. The fourth-order valence-corrected chi connectivity index (χ4v) is 1.52. The molecule has 0 unspecified atom stereocenters. The number of benzene rings is 1. The van der Waals surface area contributed by atoms with Gasteiger partial charge in [0, 0.05) is 0 Å². The molecule has 8 heteroatoms. The zero-order chi connectivity index (χ0) is 12.4. The molecule has 1 N–H and O–H groups in total. The van der Waals surface area contributed by atoms with E-state index in [-0.39, 0.29) is 27.0 Å². The van der Waals surface area contributed by atoms with E-state index < -0.39 is 5.82 Å². The van der Waals surface area contributed by atoms with Crippen LogP contribution in [0.2, 0.25) is 15.5 Å². The van der Waals surface area contributed by atoms with Crippen LogP contribution >= 0.6 is 34.8 Å².